The predicted molar refractivity (Wildman–Crippen MR) is 54.9 cm³/mol. The molecule has 0 aliphatic heterocycles. The maximum atomic E-state index is 8.01. The van der Waals surface area contributed by atoms with E-state index < -0.39 is 6.37 Å². The third-order valence-corrected chi connectivity index (χ3v) is 2.45. The summed E-state index contributed by atoms with van der Waals surface area (Å²) >= 11 is 0. The van der Waals surface area contributed by atoms with Gasteiger partial charge in [-0.3, -0.25) is 0 Å². The Morgan fingerprint density at radius 2 is 2.23 bits per heavy atom. The van der Waals surface area contributed by atoms with Gasteiger partial charge in [0, 0.05) is 19.3 Å². The Morgan fingerprint density at radius 3 is 3.23 bits per heavy atom. The Morgan fingerprint density at radius 1 is 1.31 bits per heavy atom. The highest BCUT2D eigenvalue weighted by Gasteiger charge is 2.13. The van der Waals surface area contributed by atoms with Gasteiger partial charge in [0.15, 0.2) is 0 Å². The van der Waals surface area contributed by atoms with Crippen molar-refractivity contribution in [3.05, 3.63) is 35.4 Å². The third-order valence-electron chi connectivity index (χ3n) is 2.45. The molecule has 1 aliphatic carbocycles. The molecule has 0 spiro atoms. The van der Waals surface area contributed by atoms with Gasteiger partial charge in [-0.15, -0.1) is 0 Å². The van der Waals surface area contributed by atoms with E-state index in [4.69, 9.17) is 8.22 Å². The summed E-state index contributed by atoms with van der Waals surface area (Å²) in [6.45, 7) is 0. The number of benzene rings is 1. The molecule has 13 heavy (non-hydrogen) atoms. The molecule has 3 rings (SSSR count). The molecule has 0 amide bonds. The van der Waals surface area contributed by atoms with Crippen molar-refractivity contribution in [2.75, 3.05) is 0 Å². The lowest BCUT2D eigenvalue weighted by Crippen LogP contribution is -1.99. The first-order chi connectivity index (χ1) is 8.84. The average Bonchev–Trinajstić information content (AvgIpc) is 2.74. The summed E-state index contributed by atoms with van der Waals surface area (Å²) in [4.78, 5) is 2.90. The Kier molecular flexibility index (Phi) is 0.704. The van der Waals surface area contributed by atoms with Crippen molar-refractivity contribution in [3.8, 4) is 0 Å². The molecule has 66 valence electrons. The Hall–Kier alpha value is -1.24. The number of H-pyrrole nitrogens is 1. The van der Waals surface area contributed by atoms with E-state index in [2.05, 4.69) is 4.98 Å². The quantitative estimate of drug-likeness (QED) is 0.636. The van der Waals surface area contributed by atoms with E-state index in [1.54, 1.807) is 0 Å². The van der Waals surface area contributed by atoms with E-state index in [1.807, 2.05) is 0 Å². The standard InChI is InChI=1S/C12H13N/c1-3-7-11-9(5-1)10-6-2-4-8-12(10)13-11/h1,3,5,7,13H,2,4,6,8H2/i1D,3D,5D,7D,8D2. The maximum absolute atomic E-state index is 8.01. The molecule has 0 saturated heterocycles. The molecule has 0 bridgehead atoms. The summed E-state index contributed by atoms with van der Waals surface area (Å²) in [6, 6.07) is -0.741. The molecule has 0 fully saturated rings. The predicted octanol–water partition coefficient (Wildman–Crippen LogP) is 3.05. The molecule has 1 aliphatic rings. The number of fused-ring (bicyclic) bond motifs is 3. The molecule has 1 aromatic carbocycles. The minimum atomic E-state index is -1.49. The van der Waals surface area contributed by atoms with Gasteiger partial charge < -0.3 is 4.98 Å². The lowest BCUT2D eigenvalue weighted by Gasteiger charge is -2.10. The minimum Gasteiger partial charge on any atom is -0.358 e. The van der Waals surface area contributed by atoms with Crippen molar-refractivity contribution >= 4 is 10.9 Å². The summed E-state index contributed by atoms with van der Waals surface area (Å²) < 4.78 is 47.3. The van der Waals surface area contributed by atoms with Gasteiger partial charge in [0.1, 0.15) is 0 Å². The van der Waals surface area contributed by atoms with Crippen molar-refractivity contribution in [3.63, 3.8) is 0 Å². The van der Waals surface area contributed by atoms with Crippen LogP contribution in [0.4, 0.5) is 0 Å². The third kappa shape index (κ3) is 0.998. The zero-order valence-electron chi connectivity index (χ0n) is 13.1. The van der Waals surface area contributed by atoms with Gasteiger partial charge in [-0.2, -0.15) is 0 Å². The highest BCUT2D eigenvalue weighted by Crippen LogP contribution is 2.28. The fourth-order valence-electron chi connectivity index (χ4n) is 1.84. The van der Waals surface area contributed by atoms with Crippen molar-refractivity contribution in [1.29, 1.82) is 0 Å². The van der Waals surface area contributed by atoms with Crippen LogP contribution in [0.3, 0.4) is 0 Å². The summed E-state index contributed by atoms with van der Waals surface area (Å²) in [6.07, 6.45) is 0.261. The topological polar surface area (TPSA) is 15.8 Å². The molecule has 1 N–H and O–H groups in total. The number of aromatic amines is 1. The molecule has 0 unspecified atom stereocenters. The van der Waals surface area contributed by atoms with Crippen LogP contribution >= 0.6 is 0 Å². The number of hydrogen-bond acceptors (Lipinski definition) is 0. The van der Waals surface area contributed by atoms with E-state index in [-0.39, 0.29) is 24.2 Å². The Balaban J connectivity index is 2.47. The monoisotopic (exact) mass is 177 g/mol. The van der Waals surface area contributed by atoms with Gasteiger partial charge in [-0.25, -0.2) is 0 Å². The van der Waals surface area contributed by atoms with E-state index in [0.29, 0.717) is 41.4 Å². The summed E-state index contributed by atoms with van der Waals surface area (Å²) in [5, 5.41) is 0.449. The Bertz CT molecular complexity index is 688. The van der Waals surface area contributed by atoms with Crippen LogP contribution in [0.2, 0.25) is 0 Å². The highest BCUT2D eigenvalue weighted by atomic mass is 14.7. The number of para-hydroxylation sites is 1. The highest BCUT2D eigenvalue weighted by molar-refractivity contribution is 5.84. The second kappa shape index (κ2) is 2.63. The first-order valence-corrected chi connectivity index (χ1v) is 4.46. The second-order valence-electron chi connectivity index (χ2n) is 3.26. The second-order valence-corrected chi connectivity index (χ2v) is 3.26. The van der Waals surface area contributed by atoms with Crippen molar-refractivity contribution in [2.24, 2.45) is 0 Å². The van der Waals surface area contributed by atoms with Crippen molar-refractivity contribution < 1.29 is 8.22 Å². The molecule has 2 aromatic rings. The van der Waals surface area contributed by atoms with Gasteiger partial charge in [-0.05, 0) is 37.2 Å². The molecule has 1 aromatic heterocycles. The van der Waals surface area contributed by atoms with Crippen molar-refractivity contribution in [2.45, 2.75) is 25.6 Å². The number of hydrogen-bond donors (Lipinski definition) is 1. The first kappa shape index (κ1) is 3.49. The van der Waals surface area contributed by atoms with Crippen LogP contribution < -0.4 is 0 Å². The van der Waals surface area contributed by atoms with Crippen LogP contribution in [0.5, 0.6) is 0 Å². The van der Waals surface area contributed by atoms with Crippen LogP contribution in [0.15, 0.2) is 24.2 Å². The van der Waals surface area contributed by atoms with Gasteiger partial charge >= 0.3 is 0 Å². The van der Waals surface area contributed by atoms with Crippen molar-refractivity contribution in [1.82, 2.24) is 4.98 Å². The number of rotatable bonds is 0. The van der Waals surface area contributed by atoms with Gasteiger partial charge in [0.2, 0.25) is 0 Å². The average molecular weight is 177 g/mol. The molecule has 1 nitrogen and oxygen atoms in total. The van der Waals surface area contributed by atoms with Crippen LogP contribution in [0.25, 0.3) is 10.9 Å². The lowest BCUT2D eigenvalue weighted by molar-refractivity contribution is 0.680. The van der Waals surface area contributed by atoms with E-state index in [1.165, 1.54) is 0 Å². The van der Waals surface area contributed by atoms with Gasteiger partial charge in [0.25, 0.3) is 0 Å². The maximum Gasteiger partial charge on any atom is 0.0645 e. The number of aryl methyl sites for hydroxylation is 2. The van der Waals surface area contributed by atoms with Crippen LogP contribution in [-0.4, -0.2) is 4.98 Å². The van der Waals surface area contributed by atoms with Crippen LogP contribution in [-0.2, 0) is 12.8 Å². The van der Waals surface area contributed by atoms with E-state index >= 15 is 0 Å². The number of aromatic nitrogens is 1. The molecule has 0 radical (unpaired) electrons. The first-order valence-electron chi connectivity index (χ1n) is 7.46. The molecule has 1 heterocycles. The van der Waals surface area contributed by atoms with Crippen LogP contribution in [0.1, 0.15) is 32.3 Å². The van der Waals surface area contributed by atoms with Gasteiger partial charge in [-0.1, -0.05) is 18.1 Å². The smallest absolute Gasteiger partial charge is 0.0645 e. The largest absolute Gasteiger partial charge is 0.358 e. The Labute approximate surface area is 86.2 Å². The van der Waals surface area contributed by atoms with E-state index in [0.717, 1.165) is 0 Å². The molecule has 1 heteroatoms. The zero-order chi connectivity index (χ0) is 13.9. The summed E-state index contributed by atoms with van der Waals surface area (Å²) in [5.41, 5.74) is 1.45. The van der Waals surface area contributed by atoms with Crippen LogP contribution in [0, 0.1) is 0 Å². The zero-order valence-corrected chi connectivity index (χ0v) is 7.12. The molecular weight excluding hydrogens is 158 g/mol. The fourth-order valence-corrected chi connectivity index (χ4v) is 1.84. The van der Waals surface area contributed by atoms with Gasteiger partial charge in [0.05, 0.1) is 5.48 Å². The lowest BCUT2D eigenvalue weighted by atomic mass is 9.96. The van der Waals surface area contributed by atoms with E-state index in [9.17, 15) is 0 Å². The summed E-state index contributed by atoms with van der Waals surface area (Å²) in [7, 11) is 0. The SMILES string of the molecule is [2H]c1c([2H])c([2H])c2c3c([nH]c2c1[2H])C([2H])([2H])CCC3. The summed E-state index contributed by atoms with van der Waals surface area (Å²) in [5.74, 6) is 0. The normalized spacial score (nSPS) is 26.5. The molecular formula is C12H13N. The molecule has 0 atom stereocenters. The minimum absolute atomic E-state index is 0.0776. The number of nitrogens with one attached hydrogen (secondary N) is 1. The molecule has 0 saturated carbocycles. The fraction of sp³-hybridized carbons (Fsp3) is 0.333.